The molecule has 0 aromatic carbocycles. The molecule has 0 unspecified atom stereocenters. The van der Waals surface area contributed by atoms with Gasteiger partial charge in [-0.1, -0.05) is 0 Å². The van der Waals surface area contributed by atoms with E-state index in [-0.39, 0.29) is 5.91 Å². The van der Waals surface area contributed by atoms with Gasteiger partial charge in [-0.2, -0.15) is 0 Å². The lowest BCUT2D eigenvalue weighted by molar-refractivity contribution is -0.131. The first kappa shape index (κ1) is 10.9. The zero-order valence-corrected chi connectivity index (χ0v) is 9.48. The van der Waals surface area contributed by atoms with Crippen LogP contribution in [0.1, 0.15) is 25.7 Å². The van der Waals surface area contributed by atoms with Crippen molar-refractivity contribution in [3.05, 3.63) is 0 Å². The Hall–Kier alpha value is -0.610. The average molecular weight is 211 g/mol. The SMILES string of the molecule is CN(C(=O)CN(CCN)C1CC1)C1CC1. The van der Waals surface area contributed by atoms with E-state index in [1.807, 2.05) is 11.9 Å². The highest BCUT2D eigenvalue weighted by atomic mass is 16.2. The summed E-state index contributed by atoms with van der Waals surface area (Å²) in [5, 5.41) is 0. The molecule has 1 amide bonds. The van der Waals surface area contributed by atoms with Crippen LogP contribution >= 0.6 is 0 Å². The minimum absolute atomic E-state index is 0.262. The molecule has 0 spiro atoms. The summed E-state index contributed by atoms with van der Waals surface area (Å²) >= 11 is 0. The molecule has 2 N–H and O–H groups in total. The van der Waals surface area contributed by atoms with Crippen molar-refractivity contribution >= 4 is 5.91 Å². The summed E-state index contributed by atoms with van der Waals surface area (Å²) in [6, 6.07) is 1.15. The van der Waals surface area contributed by atoms with Crippen molar-refractivity contribution in [2.75, 3.05) is 26.7 Å². The van der Waals surface area contributed by atoms with E-state index >= 15 is 0 Å². The van der Waals surface area contributed by atoms with Gasteiger partial charge in [-0.25, -0.2) is 0 Å². The molecule has 0 atom stereocenters. The summed E-state index contributed by atoms with van der Waals surface area (Å²) in [6.45, 7) is 2.07. The Kier molecular flexibility index (Phi) is 3.26. The minimum atomic E-state index is 0.262. The van der Waals surface area contributed by atoms with Crippen LogP contribution in [0.15, 0.2) is 0 Å². The van der Waals surface area contributed by atoms with Gasteiger partial charge in [0.1, 0.15) is 0 Å². The van der Waals surface area contributed by atoms with Crippen molar-refractivity contribution in [1.82, 2.24) is 9.80 Å². The molecule has 2 fully saturated rings. The second kappa shape index (κ2) is 4.49. The van der Waals surface area contributed by atoms with E-state index in [0.29, 0.717) is 25.2 Å². The summed E-state index contributed by atoms with van der Waals surface area (Å²) in [6.07, 6.45) is 4.84. The highest BCUT2D eigenvalue weighted by Crippen LogP contribution is 2.28. The lowest BCUT2D eigenvalue weighted by Crippen LogP contribution is -2.42. The third kappa shape index (κ3) is 2.92. The van der Waals surface area contributed by atoms with Gasteiger partial charge in [0.05, 0.1) is 6.54 Å². The number of carbonyl (C=O) groups excluding carboxylic acids is 1. The number of rotatable bonds is 6. The van der Waals surface area contributed by atoms with E-state index in [1.54, 1.807) is 0 Å². The molecule has 2 aliphatic rings. The van der Waals surface area contributed by atoms with Crippen LogP contribution in [-0.4, -0.2) is 54.5 Å². The standard InChI is InChI=1S/C11H21N3O/c1-13(9-2-3-9)11(15)8-14(7-6-12)10-4-5-10/h9-10H,2-8,12H2,1H3. The molecule has 2 aliphatic carbocycles. The fourth-order valence-electron chi connectivity index (χ4n) is 1.95. The van der Waals surface area contributed by atoms with Crippen LogP contribution < -0.4 is 5.73 Å². The van der Waals surface area contributed by atoms with Crippen molar-refractivity contribution in [3.63, 3.8) is 0 Å². The Morgan fingerprint density at radius 1 is 1.27 bits per heavy atom. The van der Waals surface area contributed by atoms with E-state index in [1.165, 1.54) is 25.7 Å². The first-order chi connectivity index (χ1) is 7.22. The average Bonchev–Trinajstić information content (AvgIpc) is 3.05. The highest BCUT2D eigenvalue weighted by Gasteiger charge is 2.33. The van der Waals surface area contributed by atoms with Crippen molar-refractivity contribution in [2.45, 2.75) is 37.8 Å². The summed E-state index contributed by atoms with van der Waals surface area (Å²) in [5.41, 5.74) is 5.55. The number of carbonyl (C=O) groups is 1. The normalized spacial score (nSPS) is 20.7. The van der Waals surface area contributed by atoms with Gasteiger partial charge in [0.25, 0.3) is 0 Å². The molecule has 0 heterocycles. The predicted molar refractivity (Wildman–Crippen MR) is 59.4 cm³/mol. The first-order valence-electron chi connectivity index (χ1n) is 5.92. The molecule has 2 saturated carbocycles. The van der Waals surface area contributed by atoms with Gasteiger partial charge in [-0.05, 0) is 25.7 Å². The number of amides is 1. The van der Waals surface area contributed by atoms with Gasteiger partial charge < -0.3 is 10.6 Å². The summed E-state index contributed by atoms with van der Waals surface area (Å²) in [4.78, 5) is 16.0. The van der Waals surface area contributed by atoms with Crippen molar-refractivity contribution in [1.29, 1.82) is 0 Å². The van der Waals surface area contributed by atoms with Crippen molar-refractivity contribution in [3.8, 4) is 0 Å². The maximum absolute atomic E-state index is 11.9. The predicted octanol–water partition coefficient (Wildman–Crippen LogP) is 0.0303. The summed E-state index contributed by atoms with van der Waals surface area (Å²) < 4.78 is 0. The van der Waals surface area contributed by atoms with Crippen LogP contribution in [0.5, 0.6) is 0 Å². The van der Waals surface area contributed by atoms with E-state index in [2.05, 4.69) is 4.90 Å². The summed E-state index contributed by atoms with van der Waals surface area (Å²) in [7, 11) is 1.92. The van der Waals surface area contributed by atoms with Crippen molar-refractivity contribution in [2.24, 2.45) is 5.73 Å². The quantitative estimate of drug-likeness (QED) is 0.674. The Morgan fingerprint density at radius 3 is 2.33 bits per heavy atom. The zero-order chi connectivity index (χ0) is 10.8. The molecule has 0 bridgehead atoms. The minimum Gasteiger partial charge on any atom is -0.342 e. The van der Waals surface area contributed by atoms with Gasteiger partial charge in [0, 0.05) is 32.2 Å². The first-order valence-corrected chi connectivity index (χ1v) is 5.92. The van der Waals surface area contributed by atoms with Gasteiger partial charge >= 0.3 is 0 Å². The van der Waals surface area contributed by atoms with E-state index < -0.39 is 0 Å². The monoisotopic (exact) mass is 211 g/mol. The van der Waals surface area contributed by atoms with E-state index in [0.717, 1.165) is 6.54 Å². The molecule has 86 valence electrons. The molecular weight excluding hydrogens is 190 g/mol. The third-order valence-electron chi connectivity index (χ3n) is 3.31. The van der Waals surface area contributed by atoms with Crippen LogP contribution in [-0.2, 0) is 4.79 Å². The Balaban J connectivity index is 1.79. The molecule has 4 nitrogen and oxygen atoms in total. The molecule has 0 saturated heterocycles. The molecule has 2 rings (SSSR count). The van der Waals surface area contributed by atoms with Gasteiger partial charge in [0.15, 0.2) is 0 Å². The Bertz CT molecular complexity index is 236. The number of hydrogen-bond acceptors (Lipinski definition) is 3. The molecule has 4 heteroatoms. The van der Waals surface area contributed by atoms with Gasteiger partial charge in [-0.15, -0.1) is 0 Å². The second-order valence-electron chi connectivity index (χ2n) is 4.73. The van der Waals surface area contributed by atoms with Gasteiger partial charge in [-0.3, -0.25) is 9.69 Å². The number of hydrogen-bond donors (Lipinski definition) is 1. The molecule has 0 aromatic rings. The maximum Gasteiger partial charge on any atom is 0.236 e. The van der Waals surface area contributed by atoms with Crippen molar-refractivity contribution < 1.29 is 4.79 Å². The van der Waals surface area contributed by atoms with E-state index in [9.17, 15) is 4.79 Å². The molecule has 0 aromatic heterocycles. The fraction of sp³-hybridized carbons (Fsp3) is 0.909. The smallest absolute Gasteiger partial charge is 0.236 e. The molecular formula is C11H21N3O. The van der Waals surface area contributed by atoms with Crippen LogP contribution in [0.25, 0.3) is 0 Å². The highest BCUT2D eigenvalue weighted by molar-refractivity contribution is 5.78. The third-order valence-corrected chi connectivity index (χ3v) is 3.31. The lowest BCUT2D eigenvalue weighted by atomic mass is 10.4. The maximum atomic E-state index is 11.9. The number of nitrogens with two attached hydrogens (primary N) is 1. The molecule has 0 radical (unpaired) electrons. The zero-order valence-electron chi connectivity index (χ0n) is 9.48. The largest absolute Gasteiger partial charge is 0.342 e. The van der Waals surface area contributed by atoms with Crippen LogP contribution in [0, 0.1) is 0 Å². The van der Waals surface area contributed by atoms with Crippen LogP contribution in [0.4, 0.5) is 0 Å². The summed E-state index contributed by atoms with van der Waals surface area (Å²) in [5.74, 6) is 0.262. The molecule has 0 aliphatic heterocycles. The van der Waals surface area contributed by atoms with Crippen LogP contribution in [0.3, 0.4) is 0 Å². The second-order valence-corrected chi connectivity index (χ2v) is 4.73. The van der Waals surface area contributed by atoms with Crippen LogP contribution in [0.2, 0.25) is 0 Å². The number of nitrogens with zero attached hydrogens (tertiary/aromatic N) is 2. The Labute approximate surface area is 91.4 Å². The van der Waals surface area contributed by atoms with E-state index in [4.69, 9.17) is 5.73 Å². The Morgan fingerprint density at radius 2 is 1.87 bits per heavy atom. The fourth-order valence-corrected chi connectivity index (χ4v) is 1.95. The topological polar surface area (TPSA) is 49.6 Å². The number of likely N-dealkylation sites (N-methyl/N-ethyl adjacent to an activating group) is 1. The van der Waals surface area contributed by atoms with Gasteiger partial charge in [0.2, 0.25) is 5.91 Å². The molecule has 15 heavy (non-hydrogen) atoms. The lowest BCUT2D eigenvalue weighted by Gasteiger charge is -2.24.